The number of rotatable bonds is 2. The van der Waals surface area contributed by atoms with E-state index >= 15 is 0 Å². The van der Waals surface area contributed by atoms with Crippen LogP contribution in [-0.4, -0.2) is 38.7 Å². The number of hydrogen-bond acceptors (Lipinski definition) is 3. The van der Waals surface area contributed by atoms with E-state index in [1.807, 2.05) is 22.6 Å². The van der Waals surface area contributed by atoms with Gasteiger partial charge in [-0.15, -0.1) is 0 Å². The van der Waals surface area contributed by atoms with Crippen molar-refractivity contribution in [3.8, 4) is 0 Å². The number of aryl methyl sites for hydroxylation is 1. The molecule has 0 atom stereocenters. The van der Waals surface area contributed by atoms with Gasteiger partial charge in [0.05, 0.1) is 17.5 Å². The van der Waals surface area contributed by atoms with E-state index in [0.29, 0.717) is 5.56 Å². The Kier molecular flexibility index (Phi) is 2.77. The molecule has 3 heterocycles. The summed E-state index contributed by atoms with van der Waals surface area (Å²) in [5.41, 5.74) is 2.34. The molecule has 0 unspecified atom stereocenters. The van der Waals surface area contributed by atoms with Crippen molar-refractivity contribution in [1.29, 1.82) is 0 Å². The molecule has 0 aromatic carbocycles. The van der Waals surface area contributed by atoms with Crippen molar-refractivity contribution in [2.24, 2.45) is 0 Å². The standard InChI is InChI=1S/C14H18N4O/c1-9(2)18-13-11(8-15-18)7-12(10(3)16-13)14(19)17-5-4-6-17/h7-9H,4-6H2,1-3H3. The molecule has 5 nitrogen and oxygen atoms in total. The molecule has 0 aliphatic carbocycles. The van der Waals surface area contributed by atoms with Crippen molar-refractivity contribution in [3.63, 3.8) is 0 Å². The van der Waals surface area contributed by atoms with E-state index in [4.69, 9.17) is 0 Å². The molecule has 100 valence electrons. The van der Waals surface area contributed by atoms with Crippen LogP contribution in [0.1, 0.15) is 42.4 Å². The van der Waals surface area contributed by atoms with Gasteiger partial charge < -0.3 is 4.90 Å². The fraction of sp³-hybridized carbons (Fsp3) is 0.500. The molecule has 0 radical (unpaired) electrons. The van der Waals surface area contributed by atoms with E-state index in [0.717, 1.165) is 36.2 Å². The highest BCUT2D eigenvalue weighted by Gasteiger charge is 2.24. The van der Waals surface area contributed by atoms with Crippen LogP contribution in [0.4, 0.5) is 0 Å². The molecule has 0 bridgehead atoms. The van der Waals surface area contributed by atoms with Gasteiger partial charge in [0.15, 0.2) is 5.65 Å². The van der Waals surface area contributed by atoms with Crippen LogP contribution in [0.25, 0.3) is 11.0 Å². The van der Waals surface area contributed by atoms with Crippen LogP contribution in [0.15, 0.2) is 12.3 Å². The third-order valence-electron chi connectivity index (χ3n) is 3.62. The van der Waals surface area contributed by atoms with E-state index in [9.17, 15) is 4.79 Å². The average molecular weight is 258 g/mol. The summed E-state index contributed by atoms with van der Waals surface area (Å²) in [5, 5.41) is 5.28. The third-order valence-corrected chi connectivity index (χ3v) is 3.62. The fourth-order valence-corrected chi connectivity index (χ4v) is 2.35. The van der Waals surface area contributed by atoms with Crippen LogP contribution in [0, 0.1) is 6.92 Å². The first-order chi connectivity index (χ1) is 9.08. The normalized spacial score (nSPS) is 15.1. The highest BCUT2D eigenvalue weighted by atomic mass is 16.2. The molecule has 0 spiro atoms. The van der Waals surface area contributed by atoms with Gasteiger partial charge in [-0.25, -0.2) is 9.67 Å². The van der Waals surface area contributed by atoms with E-state index in [1.165, 1.54) is 0 Å². The van der Waals surface area contributed by atoms with Crippen LogP contribution in [0.2, 0.25) is 0 Å². The highest BCUT2D eigenvalue weighted by molar-refractivity contribution is 5.98. The number of fused-ring (bicyclic) bond motifs is 1. The molecule has 1 saturated heterocycles. The zero-order valence-electron chi connectivity index (χ0n) is 11.6. The molecule has 19 heavy (non-hydrogen) atoms. The van der Waals surface area contributed by atoms with Crippen molar-refractivity contribution < 1.29 is 4.79 Å². The predicted octanol–water partition coefficient (Wildman–Crippen LogP) is 2.17. The molecule has 2 aromatic rings. The first-order valence-electron chi connectivity index (χ1n) is 6.72. The van der Waals surface area contributed by atoms with E-state index in [2.05, 4.69) is 23.9 Å². The Hall–Kier alpha value is -1.91. The number of hydrogen-bond donors (Lipinski definition) is 0. The lowest BCUT2D eigenvalue weighted by Crippen LogP contribution is -2.42. The number of likely N-dealkylation sites (tertiary alicyclic amines) is 1. The van der Waals surface area contributed by atoms with Gasteiger partial charge in [0.2, 0.25) is 0 Å². The quantitative estimate of drug-likeness (QED) is 0.829. The molecule has 1 aliphatic heterocycles. The summed E-state index contributed by atoms with van der Waals surface area (Å²) in [5.74, 6) is 0.0930. The lowest BCUT2D eigenvalue weighted by molar-refractivity contribution is 0.0651. The molecular weight excluding hydrogens is 240 g/mol. The van der Waals surface area contributed by atoms with Gasteiger partial charge in [-0.1, -0.05) is 0 Å². The molecular formula is C14H18N4O. The second-order valence-corrected chi connectivity index (χ2v) is 5.36. The zero-order valence-corrected chi connectivity index (χ0v) is 11.6. The molecule has 3 rings (SSSR count). The Bertz CT molecular complexity index is 640. The van der Waals surface area contributed by atoms with Gasteiger partial charge in [0.1, 0.15) is 0 Å². The Morgan fingerprint density at radius 1 is 1.37 bits per heavy atom. The maximum Gasteiger partial charge on any atom is 0.255 e. The summed E-state index contributed by atoms with van der Waals surface area (Å²) in [6, 6.07) is 2.19. The summed E-state index contributed by atoms with van der Waals surface area (Å²) in [6.45, 7) is 7.76. The lowest BCUT2D eigenvalue weighted by atomic mass is 10.1. The van der Waals surface area contributed by atoms with Gasteiger partial charge in [-0.2, -0.15) is 5.10 Å². The van der Waals surface area contributed by atoms with Crippen molar-refractivity contribution in [1.82, 2.24) is 19.7 Å². The summed E-state index contributed by atoms with van der Waals surface area (Å²) in [4.78, 5) is 18.7. The predicted molar refractivity (Wildman–Crippen MR) is 73.2 cm³/mol. The second-order valence-electron chi connectivity index (χ2n) is 5.36. The number of amides is 1. The average Bonchev–Trinajstić information content (AvgIpc) is 2.68. The first-order valence-corrected chi connectivity index (χ1v) is 6.72. The van der Waals surface area contributed by atoms with E-state index in [-0.39, 0.29) is 11.9 Å². The minimum Gasteiger partial charge on any atom is -0.338 e. The van der Waals surface area contributed by atoms with Crippen LogP contribution < -0.4 is 0 Å². The molecule has 0 saturated carbocycles. The Morgan fingerprint density at radius 2 is 2.11 bits per heavy atom. The van der Waals surface area contributed by atoms with Gasteiger partial charge >= 0.3 is 0 Å². The SMILES string of the molecule is Cc1nc2c(cnn2C(C)C)cc1C(=O)N1CCC1. The minimum atomic E-state index is 0.0930. The van der Waals surface area contributed by atoms with Crippen molar-refractivity contribution in [2.75, 3.05) is 13.1 Å². The van der Waals surface area contributed by atoms with Crippen LogP contribution in [-0.2, 0) is 0 Å². The number of pyridine rings is 1. The summed E-state index contributed by atoms with van der Waals surface area (Å²) in [6.07, 6.45) is 2.89. The monoisotopic (exact) mass is 258 g/mol. The van der Waals surface area contributed by atoms with Gasteiger partial charge in [-0.3, -0.25) is 4.79 Å². The third kappa shape index (κ3) is 1.89. The van der Waals surface area contributed by atoms with Crippen molar-refractivity contribution >= 4 is 16.9 Å². The molecule has 1 amide bonds. The number of carbonyl (C=O) groups is 1. The molecule has 1 aliphatic rings. The first kappa shape index (κ1) is 12.1. The van der Waals surface area contributed by atoms with Gasteiger partial charge in [0, 0.05) is 24.5 Å². The summed E-state index contributed by atoms with van der Waals surface area (Å²) < 4.78 is 1.89. The maximum atomic E-state index is 12.3. The largest absolute Gasteiger partial charge is 0.338 e. The van der Waals surface area contributed by atoms with Gasteiger partial charge in [-0.05, 0) is 33.3 Å². The Morgan fingerprint density at radius 3 is 2.68 bits per heavy atom. The summed E-state index contributed by atoms with van der Waals surface area (Å²) >= 11 is 0. The molecule has 2 aromatic heterocycles. The second kappa shape index (κ2) is 4.33. The number of aromatic nitrogens is 3. The van der Waals surface area contributed by atoms with Crippen molar-refractivity contribution in [2.45, 2.75) is 33.2 Å². The lowest BCUT2D eigenvalue weighted by Gasteiger charge is -2.31. The van der Waals surface area contributed by atoms with Gasteiger partial charge in [0.25, 0.3) is 5.91 Å². The fourth-order valence-electron chi connectivity index (χ4n) is 2.35. The van der Waals surface area contributed by atoms with E-state index < -0.39 is 0 Å². The Balaban J connectivity index is 2.07. The highest BCUT2D eigenvalue weighted by Crippen LogP contribution is 2.21. The number of carbonyl (C=O) groups excluding carboxylic acids is 1. The zero-order chi connectivity index (χ0) is 13.6. The smallest absolute Gasteiger partial charge is 0.255 e. The maximum absolute atomic E-state index is 12.3. The van der Waals surface area contributed by atoms with Crippen LogP contribution in [0.3, 0.4) is 0 Å². The van der Waals surface area contributed by atoms with E-state index in [1.54, 1.807) is 6.20 Å². The van der Waals surface area contributed by atoms with Crippen LogP contribution >= 0.6 is 0 Å². The molecule has 5 heteroatoms. The molecule has 0 N–H and O–H groups in total. The van der Waals surface area contributed by atoms with Crippen molar-refractivity contribution in [3.05, 3.63) is 23.5 Å². The molecule has 1 fully saturated rings. The minimum absolute atomic E-state index is 0.0930. The van der Waals surface area contributed by atoms with Crippen LogP contribution in [0.5, 0.6) is 0 Å². The summed E-state index contributed by atoms with van der Waals surface area (Å²) in [7, 11) is 0. The topological polar surface area (TPSA) is 51.0 Å². The Labute approximate surface area is 112 Å². The number of nitrogens with zero attached hydrogens (tertiary/aromatic N) is 4.